The second-order valence-electron chi connectivity index (χ2n) is 10.7. The van der Waals surface area contributed by atoms with E-state index in [0.717, 1.165) is 31.0 Å². The lowest BCUT2D eigenvalue weighted by Crippen LogP contribution is -2.33. The minimum absolute atomic E-state index is 0.214. The summed E-state index contributed by atoms with van der Waals surface area (Å²) in [4.78, 5) is 3.67. The predicted molar refractivity (Wildman–Crippen MR) is 163 cm³/mol. The smallest absolute Gasteiger partial charge is 0.263 e. The van der Waals surface area contributed by atoms with Crippen LogP contribution < -0.4 is 9.47 Å². The van der Waals surface area contributed by atoms with Crippen LogP contribution in [0.1, 0.15) is 45.5 Å². The third-order valence-corrected chi connectivity index (χ3v) is 9.72. The molecule has 0 N–H and O–H groups in total. The van der Waals surface area contributed by atoms with Gasteiger partial charge in [0.05, 0.1) is 10.7 Å². The molecule has 2 nitrogen and oxygen atoms in total. The summed E-state index contributed by atoms with van der Waals surface area (Å²) < 4.78 is 3.82. The zero-order chi connectivity index (χ0) is 25.7. The molecule has 0 spiro atoms. The molecule has 5 heteroatoms. The number of aromatic nitrogens is 1. The summed E-state index contributed by atoms with van der Waals surface area (Å²) in [5.41, 5.74) is 5.58. The number of fused-ring (bicyclic) bond motifs is 3. The molecule has 0 unspecified atom stereocenters. The van der Waals surface area contributed by atoms with Crippen LogP contribution in [0, 0.1) is 5.41 Å². The van der Waals surface area contributed by atoms with Gasteiger partial charge in [0.1, 0.15) is 11.2 Å². The molecule has 1 aliphatic heterocycles. The Bertz CT molecular complexity index is 1620. The Labute approximate surface area is 233 Å². The van der Waals surface area contributed by atoms with E-state index in [1.165, 1.54) is 52.8 Å². The van der Waals surface area contributed by atoms with Crippen LogP contribution >= 0.6 is 34.7 Å². The van der Waals surface area contributed by atoms with Crippen LogP contribution in [0.15, 0.2) is 87.8 Å². The van der Waals surface area contributed by atoms with E-state index in [-0.39, 0.29) is 5.41 Å². The fourth-order valence-corrected chi connectivity index (χ4v) is 8.32. The molecule has 2 heterocycles. The Balaban J connectivity index is 1.41. The van der Waals surface area contributed by atoms with Crippen LogP contribution in [0.25, 0.3) is 27.1 Å². The van der Waals surface area contributed by atoms with Gasteiger partial charge in [-0.1, -0.05) is 78.9 Å². The van der Waals surface area contributed by atoms with Gasteiger partial charge in [-0.3, -0.25) is 0 Å². The molecule has 0 atom stereocenters. The summed E-state index contributed by atoms with van der Waals surface area (Å²) in [6, 6.07) is 19.6. The minimum Gasteiger partial charge on any atom is -0.335 e. The molecular formula is C32H32ClN2S2+. The molecule has 37 heavy (non-hydrogen) atoms. The summed E-state index contributed by atoms with van der Waals surface area (Å²) >= 11 is 10.1. The number of aryl methyl sites for hydroxylation is 1. The van der Waals surface area contributed by atoms with Crippen molar-refractivity contribution in [1.29, 1.82) is 0 Å². The first kappa shape index (κ1) is 24.8. The Morgan fingerprint density at radius 2 is 1.78 bits per heavy atom. The van der Waals surface area contributed by atoms with Gasteiger partial charge in [0.15, 0.2) is 0 Å². The molecule has 4 aromatic rings. The number of thiazole rings is 1. The van der Waals surface area contributed by atoms with Crippen LogP contribution in [0.2, 0.25) is 5.02 Å². The first-order chi connectivity index (χ1) is 17.8. The van der Waals surface area contributed by atoms with Gasteiger partial charge >= 0.3 is 0 Å². The highest BCUT2D eigenvalue weighted by atomic mass is 35.5. The number of halogens is 1. The minimum atomic E-state index is 0.214. The molecule has 6 rings (SSSR count). The highest BCUT2D eigenvalue weighted by Gasteiger charge is 2.29. The lowest BCUT2D eigenvalue weighted by atomic mass is 9.75. The topological polar surface area (TPSA) is 7.12 Å². The second-order valence-corrected chi connectivity index (χ2v) is 13.3. The number of benzene rings is 3. The van der Waals surface area contributed by atoms with Gasteiger partial charge < -0.3 is 4.90 Å². The maximum atomic E-state index is 6.33. The number of nitrogens with zero attached hydrogens (tertiary/aromatic N) is 2. The third kappa shape index (κ3) is 4.76. The SMILES string of the molecule is CCN1C(=CC2=CC(=Cc3sc4cc5ccccc5cc4[n+]3CC)CC(C)(C)C2)Sc2ccc(Cl)cc21. The van der Waals surface area contributed by atoms with Crippen molar-refractivity contribution in [2.75, 3.05) is 11.4 Å². The summed E-state index contributed by atoms with van der Waals surface area (Å²) in [5.74, 6) is 0. The Morgan fingerprint density at radius 3 is 2.54 bits per heavy atom. The van der Waals surface area contributed by atoms with E-state index in [0.29, 0.717) is 0 Å². The van der Waals surface area contributed by atoms with Crippen molar-refractivity contribution in [3.8, 4) is 0 Å². The maximum Gasteiger partial charge on any atom is 0.263 e. The van der Waals surface area contributed by atoms with Crippen LogP contribution in [0.3, 0.4) is 0 Å². The van der Waals surface area contributed by atoms with E-state index in [9.17, 15) is 0 Å². The predicted octanol–water partition coefficient (Wildman–Crippen LogP) is 9.62. The first-order valence-electron chi connectivity index (χ1n) is 13.1. The highest BCUT2D eigenvalue weighted by Crippen LogP contribution is 2.48. The lowest BCUT2D eigenvalue weighted by molar-refractivity contribution is -0.665. The fourth-order valence-electron chi connectivity index (χ4n) is 5.74. The number of anilines is 1. The Morgan fingerprint density at radius 1 is 1.00 bits per heavy atom. The van der Waals surface area contributed by atoms with E-state index in [1.54, 1.807) is 0 Å². The molecule has 1 aromatic heterocycles. The summed E-state index contributed by atoms with van der Waals surface area (Å²) in [5, 5.41) is 6.03. The molecule has 0 saturated carbocycles. The van der Waals surface area contributed by atoms with Crippen molar-refractivity contribution in [3.63, 3.8) is 0 Å². The molecule has 3 aromatic carbocycles. The quantitative estimate of drug-likeness (QED) is 0.236. The average molecular weight is 544 g/mol. The largest absolute Gasteiger partial charge is 0.335 e. The van der Waals surface area contributed by atoms with E-state index < -0.39 is 0 Å². The molecule has 0 amide bonds. The molecule has 0 fully saturated rings. The van der Waals surface area contributed by atoms with Crippen LogP contribution in [-0.4, -0.2) is 6.54 Å². The fraction of sp³-hybridized carbons (Fsp3) is 0.281. The number of hydrogen-bond acceptors (Lipinski definition) is 3. The molecule has 0 radical (unpaired) electrons. The van der Waals surface area contributed by atoms with Crippen molar-refractivity contribution >= 4 is 67.5 Å². The van der Waals surface area contributed by atoms with Crippen molar-refractivity contribution in [2.24, 2.45) is 5.41 Å². The van der Waals surface area contributed by atoms with Gasteiger partial charge in [0, 0.05) is 28.6 Å². The molecular weight excluding hydrogens is 512 g/mol. The zero-order valence-corrected chi connectivity index (χ0v) is 24.2. The van der Waals surface area contributed by atoms with Gasteiger partial charge in [-0.2, -0.15) is 4.57 Å². The zero-order valence-electron chi connectivity index (χ0n) is 21.8. The molecule has 1 aliphatic carbocycles. The van der Waals surface area contributed by atoms with Crippen molar-refractivity contribution < 1.29 is 4.57 Å². The Kier molecular flexibility index (Phi) is 6.46. The molecule has 2 aliphatic rings. The van der Waals surface area contributed by atoms with Crippen molar-refractivity contribution in [2.45, 2.75) is 52.0 Å². The number of hydrogen-bond donors (Lipinski definition) is 0. The second kappa shape index (κ2) is 9.65. The van der Waals surface area contributed by atoms with E-state index >= 15 is 0 Å². The molecule has 0 saturated heterocycles. The summed E-state index contributed by atoms with van der Waals surface area (Å²) in [6.07, 6.45) is 9.44. The third-order valence-electron chi connectivity index (χ3n) is 7.28. The number of rotatable bonds is 4. The lowest BCUT2D eigenvalue weighted by Gasteiger charge is -2.31. The van der Waals surface area contributed by atoms with Gasteiger partial charge in [-0.05, 0) is 84.4 Å². The monoisotopic (exact) mass is 543 g/mol. The average Bonchev–Trinajstić information content (AvgIpc) is 3.36. The van der Waals surface area contributed by atoms with Gasteiger partial charge in [-0.25, -0.2) is 0 Å². The van der Waals surface area contributed by atoms with Gasteiger partial charge in [-0.15, -0.1) is 0 Å². The number of thioether (sulfide) groups is 1. The highest BCUT2D eigenvalue weighted by molar-refractivity contribution is 8.03. The normalized spacial score (nSPS) is 19.3. The first-order valence-corrected chi connectivity index (χ1v) is 15.1. The summed E-state index contributed by atoms with van der Waals surface area (Å²) in [7, 11) is 0. The maximum absolute atomic E-state index is 6.33. The van der Waals surface area contributed by atoms with Crippen molar-refractivity contribution in [3.05, 3.63) is 93.0 Å². The van der Waals surface area contributed by atoms with E-state index in [2.05, 4.69) is 104 Å². The van der Waals surface area contributed by atoms with Gasteiger partial charge in [0.2, 0.25) is 5.52 Å². The van der Waals surface area contributed by atoms with E-state index in [1.807, 2.05) is 29.2 Å². The van der Waals surface area contributed by atoms with Gasteiger partial charge in [0.25, 0.3) is 5.01 Å². The molecule has 188 valence electrons. The molecule has 0 bridgehead atoms. The summed E-state index contributed by atoms with van der Waals surface area (Å²) in [6.45, 7) is 11.1. The Hall–Kier alpha value is -2.53. The number of allylic oxidation sites excluding steroid dienone is 4. The van der Waals surface area contributed by atoms with E-state index in [4.69, 9.17) is 11.6 Å². The van der Waals surface area contributed by atoms with Crippen LogP contribution in [0.5, 0.6) is 0 Å². The van der Waals surface area contributed by atoms with Crippen LogP contribution in [0.4, 0.5) is 5.69 Å². The standard InChI is InChI=1S/C32H32ClN2S2/c1-5-34-26-16-23-9-7-8-10-24(23)17-29(26)37-31(34)15-22-13-21(19-32(3,4)20-22)14-30-35(6-2)27-18-25(33)11-12-28(27)36-30/h7-18H,5-6,19-20H2,1-4H3/q+1. The van der Waals surface area contributed by atoms with Crippen molar-refractivity contribution in [1.82, 2.24) is 0 Å². The van der Waals surface area contributed by atoms with Crippen LogP contribution in [-0.2, 0) is 6.54 Å².